The van der Waals surface area contributed by atoms with E-state index in [1.165, 1.54) is 22.0 Å². The topological polar surface area (TPSA) is 36.9 Å². The molecule has 0 aliphatic heterocycles. The number of methoxy groups -OCH3 is 2. The van der Waals surface area contributed by atoms with Gasteiger partial charge in [0.15, 0.2) is 0 Å². The molecule has 1 aromatic rings. The van der Waals surface area contributed by atoms with Crippen molar-refractivity contribution >= 4 is 13.7 Å². The second-order valence-electron chi connectivity index (χ2n) is 10.0. The fraction of sp³-hybridized carbons (Fsp3) is 0.750. The van der Waals surface area contributed by atoms with E-state index in [1.807, 2.05) is 0 Å². The summed E-state index contributed by atoms with van der Waals surface area (Å²) < 4.78 is 22.6. The zero-order valence-electron chi connectivity index (χ0n) is 20.6. The predicted molar refractivity (Wildman–Crippen MR) is 125 cm³/mol. The van der Waals surface area contributed by atoms with E-state index >= 15 is 0 Å². The van der Waals surface area contributed by atoms with E-state index in [1.54, 1.807) is 28.4 Å². The minimum absolute atomic E-state index is 0.0413. The van der Waals surface area contributed by atoms with E-state index < -0.39 is 8.38 Å². The van der Waals surface area contributed by atoms with E-state index in [0.717, 1.165) is 12.8 Å². The summed E-state index contributed by atoms with van der Waals surface area (Å²) in [5.41, 5.74) is 3.84. The van der Waals surface area contributed by atoms with E-state index in [2.05, 4.69) is 60.6 Å². The molecule has 0 aromatic heterocycles. The van der Waals surface area contributed by atoms with Crippen molar-refractivity contribution in [3.8, 4) is 0 Å². The normalized spacial score (nSPS) is 13.4. The first-order valence-electron chi connectivity index (χ1n) is 10.4. The molecule has 1 aromatic carbocycles. The third-order valence-corrected chi connectivity index (χ3v) is 7.32. The Kier molecular flexibility index (Phi) is 9.77. The zero-order chi connectivity index (χ0) is 22.5. The molecule has 29 heavy (non-hydrogen) atoms. The number of ether oxygens (including phenoxy) is 2. The summed E-state index contributed by atoms with van der Waals surface area (Å²) in [6, 6.07) is 4.74. The maximum atomic E-state index is 5.87. The maximum absolute atomic E-state index is 5.87. The molecule has 0 fully saturated rings. The molecule has 0 heterocycles. The third kappa shape index (κ3) is 6.74. The van der Waals surface area contributed by atoms with Crippen LogP contribution in [0.4, 0.5) is 0 Å². The monoisotopic (exact) mass is 426 g/mol. The summed E-state index contributed by atoms with van der Waals surface area (Å²) in [6.07, 6.45) is 1.86. The Balaban J connectivity index is 3.89. The van der Waals surface area contributed by atoms with E-state index in [0.29, 0.717) is 13.2 Å². The molecule has 0 saturated carbocycles. The first-order valence-corrected chi connectivity index (χ1v) is 11.6. The largest absolute Gasteiger partial charge is 0.385 e. The average Bonchev–Trinajstić information content (AvgIpc) is 2.64. The summed E-state index contributed by atoms with van der Waals surface area (Å²) >= 11 is 0. The average molecular weight is 427 g/mol. The van der Waals surface area contributed by atoms with Crippen molar-refractivity contribution in [2.24, 2.45) is 0 Å². The van der Waals surface area contributed by atoms with Crippen LogP contribution in [0.5, 0.6) is 0 Å². The minimum Gasteiger partial charge on any atom is -0.385 e. The quantitative estimate of drug-likeness (QED) is 0.417. The van der Waals surface area contributed by atoms with Gasteiger partial charge >= 0.3 is 0 Å². The van der Waals surface area contributed by atoms with E-state index in [4.69, 9.17) is 18.5 Å². The van der Waals surface area contributed by atoms with Gasteiger partial charge in [0.05, 0.1) is 0 Å². The summed E-state index contributed by atoms with van der Waals surface area (Å²) in [6.45, 7) is 17.4. The van der Waals surface area contributed by atoms with Crippen LogP contribution in [0.25, 0.3) is 0 Å². The molecule has 0 spiro atoms. The minimum atomic E-state index is -1.18. The molecule has 0 bridgehead atoms. The molecular weight excluding hydrogens is 383 g/mol. The van der Waals surface area contributed by atoms with Crippen molar-refractivity contribution in [1.29, 1.82) is 0 Å². The van der Waals surface area contributed by atoms with Gasteiger partial charge in [0.25, 0.3) is 0 Å². The fourth-order valence-electron chi connectivity index (χ4n) is 3.54. The Labute approximate surface area is 180 Å². The number of hydrogen-bond acceptors (Lipinski definition) is 4. The van der Waals surface area contributed by atoms with Gasteiger partial charge in [-0.2, -0.15) is 0 Å². The van der Waals surface area contributed by atoms with E-state index in [-0.39, 0.29) is 16.2 Å². The molecule has 0 saturated heterocycles. The lowest BCUT2D eigenvalue weighted by Gasteiger charge is -2.37. The first kappa shape index (κ1) is 26.5. The van der Waals surface area contributed by atoms with Crippen molar-refractivity contribution < 1.29 is 18.5 Å². The van der Waals surface area contributed by atoms with Crippen LogP contribution in [-0.4, -0.2) is 41.7 Å². The van der Waals surface area contributed by atoms with Crippen molar-refractivity contribution in [1.82, 2.24) is 0 Å². The highest BCUT2D eigenvalue weighted by atomic mass is 31.2. The van der Waals surface area contributed by atoms with E-state index in [9.17, 15) is 0 Å². The summed E-state index contributed by atoms with van der Waals surface area (Å²) in [4.78, 5) is 0. The molecule has 0 aliphatic rings. The second kappa shape index (κ2) is 10.7. The van der Waals surface area contributed by atoms with Gasteiger partial charge in [0, 0.05) is 47.0 Å². The molecule has 4 nitrogen and oxygen atoms in total. The molecule has 0 aliphatic carbocycles. The summed E-state index contributed by atoms with van der Waals surface area (Å²) in [5.74, 6) is 0. The molecule has 1 rings (SSSR count). The summed E-state index contributed by atoms with van der Waals surface area (Å²) in [5, 5.41) is 1.21. The second-order valence-corrected chi connectivity index (χ2v) is 11.7. The van der Waals surface area contributed by atoms with Gasteiger partial charge < -0.3 is 18.5 Å². The van der Waals surface area contributed by atoms with Crippen LogP contribution < -0.4 is 5.30 Å². The third-order valence-electron chi connectivity index (χ3n) is 5.81. The lowest BCUT2D eigenvalue weighted by atomic mass is 9.72. The Morgan fingerprint density at radius 3 is 1.34 bits per heavy atom. The van der Waals surface area contributed by atoms with Gasteiger partial charge in [0.1, 0.15) is 0 Å². The number of hydrogen-bond donors (Lipinski definition) is 0. The SMILES string of the molecule is COCCC(C)(C)c1cc(C(C)(C)C)cc(C(C)(C)CCOC)c1P(OC)OC. The maximum Gasteiger partial charge on any atom is 0.205 e. The standard InChI is InChI=1S/C24H43O4P/c1-22(2,3)18-16-19(23(4,5)12-14-25-8)21(29(27-10)28-11)20(17-18)24(6,7)13-15-26-9/h16-17H,12-15H2,1-11H3. The first-order chi connectivity index (χ1) is 13.4. The Bertz CT molecular complexity index is 602. The Morgan fingerprint density at radius 2 is 1.07 bits per heavy atom. The van der Waals surface area contributed by atoms with Gasteiger partial charge in [-0.15, -0.1) is 0 Å². The molecule has 0 amide bonds. The van der Waals surface area contributed by atoms with Crippen LogP contribution in [-0.2, 0) is 34.8 Å². The van der Waals surface area contributed by atoms with Crippen LogP contribution >= 0.6 is 8.38 Å². The van der Waals surface area contributed by atoms with Crippen LogP contribution in [0.2, 0.25) is 0 Å². The predicted octanol–water partition coefficient (Wildman–Crippen LogP) is 5.84. The van der Waals surface area contributed by atoms with Gasteiger partial charge in [-0.1, -0.05) is 60.6 Å². The van der Waals surface area contributed by atoms with Crippen LogP contribution in [0.15, 0.2) is 12.1 Å². The Morgan fingerprint density at radius 1 is 0.690 bits per heavy atom. The fourth-order valence-corrected chi connectivity index (χ4v) is 5.18. The highest BCUT2D eigenvalue weighted by Gasteiger charge is 2.36. The number of rotatable bonds is 11. The Hall–Kier alpha value is -0.510. The van der Waals surface area contributed by atoms with Crippen molar-refractivity contribution in [2.45, 2.75) is 77.6 Å². The van der Waals surface area contributed by atoms with Gasteiger partial charge in [-0.25, -0.2) is 0 Å². The lowest BCUT2D eigenvalue weighted by molar-refractivity contribution is 0.173. The lowest BCUT2D eigenvalue weighted by Crippen LogP contribution is -2.35. The van der Waals surface area contributed by atoms with Crippen LogP contribution in [0.1, 0.15) is 78.0 Å². The van der Waals surface area contributed by atoms with Crippen molar-refractivity contribution in [3.63, 3.8) is 0 Å². The zero-order valence-corrected chi connectivity index (χ0v) is 21.5. The van der Waals surface area contributed by atoms with Crippen LogP contribution in [0.3, 0.4) is 0 Å². The smallest absolute Gasteiger partial charge is 0.205 e. The highest BCUT2D eigenvalue weighted by molar-refractivity contribution is 7.56. The summed E-state index contributed by atoms with van der Waals surface area (Å²) in [7, 11) is 5.83. The molecule has 168 valence electrons. The molecule has 0 atom stereocenters. The molecular formula is C24H43O4P. The van der Waals surface area contributed by atoms with Gasteiger partial charge in [-0.05, 0) is 45.8 Å². The highest BCUT2D eigenvalue weighted by Crippen LogP contribution is 2.46. The molecule has 5 heteroatoms. The molecule has 0 radical (unpaired) electrons. The van der Waals surface area contributed by atoms with Crippen molar-refractivity contribution in [3.05, 3.63) is 28.8 Å². The molecule has 0 N–H and O–H groups in total. The van der Waals surface area contributed by atoms with Gasteiger partial charge in [-0.3, -0.25) is 0 Å². The van der Waals surface area contributed by atoms with Crippen LogP contribution in [0, 0.1) is 0 Å². The molecule has 0 unspecified atom stereocenters. The van der Waals surface area contributed by atoms with Crippen molar-refractivity contribution in [2.75, 3.05) is 41.7 Å². The van der Waals surface area contributed by atoms with Gasteiger partial charge in [0.2, 0.25) is 8.38 Å². The number of benzene rings is 1.